The molecular formula is C10H15N3O5. The molecule has 18 heavy (non-hydrogen) atoms. The summed E-state index contributed by atoms with van der Waals surface area (Å²) in [5, 5.41) is 0. The van der Waals surface area contributed by atoms with Crippen molar-refractivity contribution in [2.75, 3.05) is 13.2 Å². The monoisotopic (exact) mass is 257 g/mol. The van der Waals surface area contributed by atoms with Gasteiger partial charge in [0, 0.05) is 0 Å². The number of hydrogen-bond acceptors (Lipinski definition) is 5. The maximum absolute atomic E-state index is 11.1. The Morgan fingerprint density at radius 1 is 1.11 bits per heavy atom. The van der Waals surface area contributed by atoms with Gasteiger partial charge in [0.2, 0.25) is 0 Å². The van der Waals surface area contributed by atoms with E-state index >= 15 is 0 Å². The first-order valence-electron chi connectivity index (χ1n) is 5.76. The van der Waals surface area contributed by atoms with Gasteiger partial charge in [0.1, 0.15) is 0 Å². The molecule has 0 radical (unpaired) electrons. The summed E-state index contributed by atoms with van der Waals surface area (Å²) in [6.07, 6.45) is 1.75. The molecule has 2 atom stereocenters. The molecule has 3 rings (SSSR count). The topological polar surface area (TPSA) is 113 Å². The molecular weight excluding hydrogens is 242 g/mol. The molecule has 2 aliphatic rings. The third-order valence-electron chi connectivity index (χ3n) is 2.58. The third kappa shape index (κ3) is 3.67. The van der Waals surface area contributed by atoms with Crippen molar-refractivity contribution in [1.29, 1.82) is 0 Å². The second-order valence-electron chi connectivity index (χ2n) is 4.12. The number of nitrogens with zero attached hydrogens (tertiary/aromatic N) is 1. The van der Waals surface area contributed by atoms with Crippen LogP contribution in [0.25, 0.3) is 0 Å². The first kappa shape index (κ1) is 12.8. The maximum atomic E-state index is 11.1. The number of ether oxygens (including phenoxy) is 2. The highest BCUT2D eigenvalue weighted by molar-refractivity contribution is 4.75. The summed E-state index contributed by atoms with van der Waals surface area (Å²) in [5.74, 6) is 0. The second-order valence-corrected chi connectivity index (χ2v) is 4.12. The van der Waals surface area contributed by atoms with Crippen LogP contribution in [-0.2, 0) is 16.0 Å². The maximum Gasteiger partial charge on any atom is 0.333 e. The van der Waals surface area contributed by atoms with Crippen LogP contribution < -0.4 is 17.1 Å². The van der Waals surface area contributed by atoms with Gasteiger partial charge >= 0.3 is 17.1 Å². The number of aromatic nitrogens is 3. The zero-order chi connectivity index (χ0) is 13.1. The van der Waals surface area contributed by atoms with E-state index in [1.54, 1.807) is 0 Å². The Balaban J connectivity index is 0.000000202. The van der Waals surface area contributed by atoms with Gasteiger partial charge in [-0.05, 0) is 6.42 Å². The SMILES string of the molecule is CCC1CO1.O=c1[nH]c(=O)n(CC2CO2)c(=O)[nH]1. The van der Waals surface area contributed by atoms with Gasteiger partial charge in [-0.15, -0.1) is 0 Å². The van der Waals surface area contributed by atoms with E-state index < -0.39 is 17.1 Å². The smallest absolute Gasteiger partial charge is 0.333 e. The fraction of sp³-hybridized carbons (Fsp3) is 0.700. The van der Waals surface area contributed by atoms with Gasteiger partial charge in [-0.25, -0.2) is 19.0 Å². The van der Waals surface area contributed by atoms with Gasteiger partial charge in [-0.3, -0.25) is 9.97 Å². The standard InChI is InChI=1S/C6H7N3O4.C4H8O/c10-4-7-5(11)9(6(12)8-4)1-3-2-13-3;1-2-4-3-5-4/h3H,1-2H2,(H2,7,8,10,11,12);4H,2-3H2,1H3. The second kappa shape index (κ2) is 5.32. The Bertz CT molecular complexity index is 530. The van der Waals surface area contributed by atoms with Crippen LogP contribution in [0, 0.1) is 0 Å². The minimum absolute atomic E-state index is 0.0790. The summed E-state index contributed by atoms with van der Waals surface area (Å²) < 4.78 is 10.6. The van der Waals surface area contributed by atoms with Crippen LogP contribution in [0.1, 0.15) is 13.3 Å². The fourth-order valence-corrected chi connectivity index (χ4v) is 1.30. The lowest BCUT2D eigenvalue weighted by Crippen LogP contribution is -2.44. The predicted molar refractivity (Wildman–Crippen MR) is 61.7 cm³/mol. The summed E-state index contributed by atoms with van der Waals surface area (Å²) in [7, 11) is 0. The summed E-state index contributed by atoms with van der Waals surface area (Å²) in [6, 6.07) is 0. The van der Waals surface area contributed by atoms with Gasteiger partial charge in [0.15, 0.2) is 0 Å². The largest absolute Gasteiger partial charge is 0.373 e. The van der Waals surface area contributed by atoms with E-state index in [1.807, 2.05) is 9.97 Å². The number of aromatic amines is 2. The predicted octanol–water partition coefficient (Wildman–Crippen LogP) is -1.58. The molecule has 3 heterocycles. The molecule has 0 spiro atoms. The van der Waals surface area contributed by atoms with Crippen molar-refractivity contribution >= 4 is 0 Å². The lowest BCUT2D eigenvalue weighted by Gasteiger charge is -1.97. The number of H-pyrrole nitrogens is 2. The highest BCUT2D eigenvalue weighted by Gasteiger charge is 2.24. The average molecular weight is 257 g/mol. The zero-order valence-electron chi connectivity index (χ0n) is 9.97. The molecule has 2 fully saturated rings. The van der Waals surface area contributed by atoms with Crippen molar-refractivity contribution < 1.29 is 9.47 Å². The summed E-state index contributed by atoms with van der Waals surface area (Å²) in [4.78, 5) is 36.6. The van der Waals surface area contributed by atoms with Gasteiger partial charge in [0.05, 0.1) is 32.0 Å². The lowest BCUT2D eigenvalue weighted by atomic mass is 10.4. The third-order valence-corrected chi connectivity index (χ3v) is 2.58. The lowest BCUT2D eigenvalue weighted by molar-refractivity contribution is 0.373. The number of hydrogen-bond donors (Lipinski definition) is 2. The number of rotatable bonds is 3. The van der Waals surface area contributed by atoms with E-state index in [0.717, 1.165) is 11.2 Å². The molecule has 0 bridgehead atoms. The van der Waals surface area contributed by atoms with Crippen LogP contribution in [0.2, 0.25) is 0 Å². The average Bonchev–Trinajstić information content (AvgIpc) is 3.16. The van der Waals surface area contributed by atoms with E-state index in [4.69, 9.17) is 9.47 Å². The van der Waals surface area contributed by atoms with Crippen LogP contribution in [0.5, 0.6) is 0 Å². The highest BCUT2D eigenvalue weighted by Crippen LogP contribution is 2.11. The molecule has 2 unspecified atom stereocenters. The Kier molecular flexibility index (Phi) is 3.78. The minimum atomic E-state index is -0.789. The number of epoxide rings is 2. The van der Waals surface area contributed by atoms with Gasteiger partial charge in [-0.2, -0.15) is 0 Å². The normalized spacial score (nSPS) is 24.1. The molecule has 0 aromatic carbocycles. The van der Waals surface area contributed by atoms with Crippen LogP contribution in [0.15, 0.2) is 14.4 Å². The molecule has 2 saturated heterocycles. The first-order chi connectivity index (χ1) is 8.60. The van der Waals surface area contributed by atoms with E-state index in [9.17, 15) is 14.4 Å². The molecule has 8 nitrogen and oxygen atoms in total. The van der Waals surface area contributed by atoms with E-state index in [1.165, 1.54) is 6.42 Å². The van der Waals surface area contributed by atoms with Crippen LogP contribution >= 0.6 is 0 Å². The quantitative estimate of drug-likeness (QED) is 0.634. The Hall–Kier alpha value is -1.67. The van der Waals surface area contributed by atoms with Crippen molar-refractivity contribution in [3.05, 3.63) is 31.5 Å². The molecule has 2 N–H and O–H groups in total. The Morgan fingerprint density at radius 2 is 1.61 bits per heavy atom. The highest BCUT2D eigenvalue weighted by atomic mass is 16.6. The molecule has 1 aromatic rings. The summed E-state index contributed by atoms with van der Waals surface area (Å²) in [5.41, 5.74) is -2.20. The van der Waals surface area contributed by atoms with E-state index in [2.05, 4.69) is 6.92 Å². The van der Waals surface area contributed by atoms with Crippen molar-refractivity contribution in [2.45, 2.75) is 32.1 Å². The molecule has 0 saturated carbocycles. The molecule has 0 aliphatic carbocycles. The van der Waals surface area contributed by atoms with Crippen molar-refractivity contribution in [2.24, 2.45) is 0 Å². The fourth-order valence-electron chi connectivity index (χ4n) is 1.30. The van der Waals surface area contributed by atoms with Crippen molar-refractivity contribution in [3.63, 3.8) is 0 Å². The van der Waals surface area contributed by atoms with Crippen molar-refractivity contribution in [1.82, 2.24) is 14.5 Å². The minimum Gasteiger partial charge on any atom is -0.373 e. The van der Waals surface area contributed by atoms with Crippen LogP contribution in [0.3, 0.4) is 0 Å². The number of nitrogens with one attached hydrogen (secondary N) is 2. The van der Waals surface area contributed by atoms with E-state index in [0.29, 0.717) is 12.7 Å². The van der Waals surface area contributed by atoms with Gasteiger partial charge in [-0.1, -0.05) is 6.92 Å². The molecule has 2 aliphatic heterocycles. The molecule has 1 aromatic heterocycles. The Morgan fingerprint density at radius 3 is 1.94 bits per heavy atom. The van der Waals surface area contributed by atoms with Gasteiger partial charge < -0.3 is 9.47 Å². The van der Waals surface area contributed by atoms with Gasteiger partial charge in [0.25, 0.3) is 0 Å². The molecule has 100 valence electrons. The van der Waals surface area contributed by atoms with Crippen LogP contribution in [-0.4, -0.2) is 40.0 Å². The first-order valence-corrected chi connectivity index (χ1v) is 5.76. The van der Waals surface area contributed by atoms with Crippen molar-refractivity contribution in [3.8, 4) is 0 Å². The molecule has 8 heteroatoms. The Labute approximate surface area is 102 Å². The summed E-state index contributed by atoms with van der Waals surface area (Å²) in [6.45, 7) is 3.88. The molecule has 0 amide bonds. The zero-order valence-corrected chi connectivity index (χ0v) is 9.97. The summed E-state index contributed by atoms with van der Waals surface area (Å²) >= 11 is 0. The van der Waals surface area contributed by atoms with Crippen LogP contribution in [0.4, 0.5) is 0 Å². The van der Waals surface area contributed by atoms with E-state index in [-0.39, 0.29) is 12.6 Å².